The minimum absolute atomic E-state index is 0.136. The number of esters is 1. The number of methoxy groups -OCH3 is 1. The molecule has 1 heterocycles. The Hall–Kier alpha value is -3.53. The van der Waals surface area contributed by atoms with Crippen LogP contribution < -0.4 is 4.74 Å². The fourth-order valence-corrected chi connectivity index (χ4v) is 4.94. The van der Waals surface area contributed by atoms with Crippen LogP contribution in [0.1, 0.15) is 34.0 Å². The summed E-state index contributed by atoms with van der Waals surface area (Å²) in [6.45, 7) is 2.42. The molecule has 0 atom stereocenters. The first kappa shape index (κ1) is 26.5. The number of hydrogen-bond acceptors (Lipinski definition) is 5. The van der Waals surface area contributed by atoms with E-state index in [-0.39, 0.29) is 17.9 Å². The number of carbonyl (C=O) groups excluding carboxylic acids is 1. The Balaban J connectivity index is 1.67. The lowest BCUT2D eigenvalue weighted by atomic mass is 10.1. The smallest absolute Gasteiger partial charge is 0.416 e. The van der Waals surface area contributed by atoms with Crippen LogP contribution in [0.3, 0.4) is 0 Å². The molecule has 10 heteroatoms. The number of thioether (sulfide) groups is 1. The van der Waals surface area contributed by atoms with Crippen molar-refractivity contribution < 1.29 is 31.8 Å². The third kappa shape index (κ3) is 6.25. The van der Waals surface area contributed by atoms with Crippen LogP contribution in [-0.4, -0.2) is 29.2 Å². The summed E-state index contributed by atoms with van der Waals surface area (Å²) >= 11 is 1.08. The summed E-state index contributed by atoms with van der Waals surface area (Å²) in [5.41, 5.74) is 1.55. The maximum Gasteiger partial charge on any atom is 0.416 e. The first-order valence-corrected chi connectivity index (χ1v) is 12.5. The van der Waals surface area contributed by atoms with Gasteiger partial charge in [-0.3, -0.25) is 0 Å². The molecule has 0 aliphatic heterocycles. The number of imidazole rings is 1. The van der Waals surface area contributed by atoms with Gasteiger partial charge >= 0.3 is 12.1 Å². The fraction of sp³-hybridized carbons (Fsp3) is 0.259. The molecule has 1 aromatic heterocycles. The van der Waals surface area contributed by atoms with E-state index in [9.17, 15) is 22.4 Å². The third-order valence-corrected chi connectivity index (χ3v) is 6.76. The van der Waals surface area contributed by atoms with E-state index in [0.29, 0.717) is 29.2 Å². The molecular formula is C27H24F4N2O3S. The van der Waals surface area contributed by atoms with Crippen LogP contribution in [0.5, 0.6) is 5.75 Å². The highest BCUT2D eigenvalue weighted by Gasteiger charge is 2.33. The highest BCUT2D eigenvalue weighted by atomic mass is 32.2. The number of benzene rings is 3. The SMILES string of the molecule is CCOC(=O)c1ccc2c(c1)nc(SCc1cc(F)ccc1C(F)(F)F)n2CCc1ccc(OC)cc1. The van der Waals surface area contributed by atoms with E-state index in [1.54, 1.807) is 32.2 Å². The Labute approximate surface area is 215 Å². The Morgan fingerprint density at radius 2 is 1.81 bits per heavy atom. The van der Waals surface area contributed by atoms with Crippen molar-refractivity contribution >= 4 is 28.8 Å². The van der Waals surface area contributed by atoms with Crippen molar-refractivity contribution in [2.75, 3.05) is 13.7 Å². The summed E-state index contributed by atoms with van der Waals surface area (Å²) in [6, 6.07) is 15.0. The Kier molecular flexibility index (Phi) is 8.06. The molecule has 0 aliphatic rings. The summed E-state index contributed by atoms with van der Waals surface area (Å²) in [5, 5.41) is 0.460. The summed E-state index contributed by atoms with van der Waals surface area (Å²) in [4.78, 5) is 16.8. The van der Waals surface area contributed by atoms with Gasteiger partial charge in [-0.05, 0) is 73.0 Å². The minimum Gasteiger partial charge on any atom is -0.497 e. The van der Waals surface area contributed by atoms with Gasteiger partial charge in [0.1, 0.15) is 11.6 Å². The number of alkyl halides is 3. The molecule has 0 radical (unpaired) electrons. The molecule has 0 bridgehead atoms. The molecule has 37 heavy (non-hydrogen) atoms. The molecule has 0 aliphatic carbocycles. The quantitative estimate of drug-likeness (QED) is 0.133. The molecule has 194 valence electrons. The van der Waals surface area contributed by atoms with Gasteiger partial charge in [0.05, 0.1) is 35.9 Å². The van der Waals surface area contributed by atoms with Crippen molar-refractivity contribution in [3.8, 4) is 5.75 Å². The zero-order chi connectivity index (χ0) is 26.6. The van der Waals surface area contributed by atoms with Gasteiger partial charge in [0, 0.05) is 12.3 Å². The number of aromatic nitrogens is 2. The van der Waals surface area contributed by atoms with Crippen LogP contribution in [0.25, 0.3) is 11.0 Å². The molecule has 4 aromatic rings. The third-order valence-electron chi connectivity index (χ3n) is 5.74. The van der Waals surface area contributed by atoms with E-state index in [0.717, 1.165) is 46.8 Å². The van der Waals surface area contributed by atoms with Crippen molar-refractivity contribution in [3.05, 3.63) is 88.7 Å². The molecule has 0 fully saturated rings. The van der Waals surface area contributed by atoms with E-state index in [4.69, 9.17) is 9.47 Å². The highest BCUT2D eigenvalue weighted by molar-refractivity contribution is 7.98. The molecule has 5 nitrogen and oxygen atoms in total. The normalized spacial score (nSPS) is 11.6. The lowest BCUT2D eigenvalue weighted by Gasteiger charge is -2.13. The summed E-state index contributed by atoms with van der Waals surface area (Å²) in [7, 11) is 1.59. The molecule has 0 spiro atoms. The zero-order valence-corrected chi connectivity index (χ0v) is 21.0. The van der Waals surface area contributed by atoms with Gasteiger partial charge in [0.15, 0.2) is 5.16 Å². The number of hydrogen-bond donors (Lipinski definition) is 0. The molecular weight excluding hydrogens is 508 g/mol. The maximum absolute atomic E-state index is 13.8. The van der Waals surface area contributed by atoms with Crippen LogP contribution in [0.2, 0.25) is 0 Å². The van der Waals surface area contributed by atoms with Crippen molar-refractivity contribution in [2.24, 2.45) is 0 Å². The van der Waals surface area contributed by atoms with Gasteiger partial charge in [-0.1, -0.05) is 23.9 Å². The van der Waals surface area contributed by atoms with Crippen LogP contribution >= 0.6 is 11.8 Å². The number of halogens is 4. The average Bonchev–Trinajstić information content (AvgIpc) is 3.22. The highest BCUT2D eigenvalue weighted by Crippen LogP contribution is 2.36. The van der Waals surface area contributed by atoms with E-state index in [1.807, 2.05) is 28.8 Å². The summed E-state index contributed by atoms with van der Waals surface area (Å²) in [5.74, 6) is -0.629. The second-order valence-electron chi connectivity index (χ2n) is 8.16. The largest absolute Gasteiger partial charge is 0.497 e. The van der Waals surface area contributed by atoms with E-state index in [2.05, 4.69) is 4.98 Å². The second-order valence-corrected chi connectivity index (χ2v) is 9.10. The number of nitrogens with zero attached hydrogens (tertiary/aromatic N) is 2. The second kappa shape index (κ2) is 11.2. The van der Waals surface area contributed by atoms with Gasteiger partial charge < -0.3 is 14.0 Å². The Morgan fingerprint density at radius 3 is 2.49 bits per heavy atom. The Morgan fingerprint density at radius 1 is 1.05 bits per heavy atom. The number of carbonyl (C=O) groups is 1. The lowest BCUT2D eigenvalue weighted by Crippen LogP contribution is -2.09. The number of rotatable bonds is 9. The Bertz CT molecular complexity index is 1400. The fourth-order valence-electron chi connectivity index (χ4n) is 3.91. The van der Waals surface area contributed by atoms with E-state index >= 15 is 0 Å². The van der Waals surface area contributed by atoms with Crippen molar-refractivity contribution in [1.82, 2.24) is 9.55 Å². The standard InChI is InChI=1S/C27H24F4N2O3S/c1-3-36-25(34)18-6-11-24-23(15-18)32-26(33(24)13-12-17-4-8-21(35-2)9-5-17)37-16-19-14-20(28)7-10-22(19)27(29,30)31/h4-11,14-15H,3,12-13,16H2,1-2H3. The molecule has 3 aromatic carbocycles. The number of ether oxygens (including phenoxy) is 2. The number of aryl methyl sites for hydroxylation is 2. The van der Waals surface area contributed by atoms with Gasteiger partial charge in [-0.2, -0.15) is 13.2 Å². The first-order valence-electron chi connectivity index (χ1n) is 11.5. The lowest BCUT2D eigenvalue weighted by molar-refractivity contribution is -0.138. The van der Waals surface area contributed by atoms with Gasteiger partial charge in [-0.15, -0.1) is 0 Å². The average molecular weight is 533 g/mol. The summed E-state index contributed by atoms with van der Waals surface area (Å²) < 4.78 is 66.4. The molecule has 0 unspecified atom stereocenters. The van der Waals surface area contributed by atoms with Crippen LogP contribution in [0.4, 0.5) is 17.6 Å². The predicted octanol–water partition coefficient (Wildman–Crippen LogP) is 6.91. The zero-order valence-electron chi connectivity index (χ0n) is 20.1. The monoisotopic (exact) mass is 532 g/mol. The van der Waals surface area contributed by atoms with Gasteiger partial charge in [-0.25, -0.2) is 14.2 Å². The van der Waals surface area contributed by atoms with Crippen LogP contribution in [0.15, 0.2) is 65.8 Å². The van der Waals surface area contributed by atoms with Crippen LogP contribution in [-0.2, 0) is 29.6 Å². The van der Waals surface area contributed by atoms with Crippen molar-refractivity contribution in [3.63, 3.8) is 0 Å². The predicted molar refractivity (Wildman–Crippen MR) is 133 cm³/mol. The topological polar surface area (TPSA) is 53.3 Å². The van der Waals surface area contributed by atoms with E-state index < -0.39 is 23.5 Å². The maximum atomic E-state index is 13.8. The van der Waals surface area contributed by atoms with Crippen molar-refractivity contribution in [2.45, 2.75) is 37.0 Å². The summed E-state index contributed by atoms with van der Waals surface area (Å²) in [6.07, 6.45) is -3.98. The number of fused-ring (bicyclic) bond motifs is 1. The van der Waals surface area contributed by atoms with E-state index in [1.165, 1.54) is 0 Å². The first-order chi connectivity index (χ1) is 17.7. The van der Waals surface area contributed by atoms with Crippen molar-refractivity contribution in [1.29, 1.82) is 0 Å². The molecule has 4 rings (SSSR count). The molecule has 0 saturated heterocycles. The molecule has 0 amide bonds. The van der Waals surface area contributed by atoms with Gasteiger partial charge in [0.25, 0.3) is 0 Å². The molecule has 0 saturated carbocycles. The van der Waals surface area contributed by atoms with Crippen LogP contribution in [0, 0.1) is 5.82 Å². The molecule has 0 N–H and O–H groups in total. The minimum atomic E-state index is -4.60. The van der Waals surface area contributed by atoms with Gasteiger partial charge in [0.2, 0.25) is 0 Å².